The third-order valence-electron chi connectivity index (χ3n) is 3.08. The van der Waals surface area contributed by atoms with Crippen molar-refractivity contribution in [2.45, 2.75) is 33.2 Å². The summed E-state index contributed by atoms with van der Waals surface area (Å²) in [5, 5.41) is 5.12. The van der Waals surface area contributed by atoms with Crippen LogP contribution in [0, 0.1) is 5.41 Å². The van der Waals surface area contributed by atoms with Gasteiger partial charge < -0.3 is 10.3 Å². The standard InChI is InChI=1S/C14H17Cl2N3O/c1-14(2,3)12(17)13-18-11(19-20-13)7-8-9(15)5-4-6-10(8)16/h4-6,12H,7,17H2,1-3H3. The molecule has 0 fully saturated rings. The van der Waals surface area contributed by atoms with E-state index in [0.29, 0.717) is 28.2 Å². The van der Waals surface area contributed by atoms with Gasteiger partial charge in [0.15, 0.2) is 5.82 Å². The lowest BCUT2D eigenvalue weighted by Gasteiger charge is -2.23. The van der Waals surface area contributed by atoms with Crippen molar-refractivity contribution in [1.82, 2.24) is 10.1 Å². The van der Waals surface area contributed by atoms with E-state index in [1.807, 2.05) is 20.8 Å². The fourth-order valence-corrected chi connectivity index (χ4v) is 2.23. The van der Waals surface area contributed by atoms with Crippen molar-refractivity contribution >= 4 is 23.2 Å². The molecule has 0 aliphatic carbocycles. The molecule has 1 heterocycles. The number of nitrogens with two attached hydrogens (primary N) is 1. The molecule has 2 aromatic rings. The van der Waals surface area contributed by atoms with Crippen LogP contribution in [0.1, 0.15) is 44.1 Å². The maximum Gasteiger partial charge on any atom is 0.244 e. The van der Waals surface area contributed by atoms with Crippen LogP contribution in [0.3, 0.4) is 0 Å². The predicted octanol–water partition coefficient (Wildman–Crippen LogP) is 4.01. The first-order valence-electron chi connectivity index (χ1n) is 6.30. The molecule has 1 aromatic heterocycles. The second-order valence-corrected chi connectivity index (χ2v) is 6.58. The Morgan fingerprint density at radius 1 is 1.25 bits per heavy atom. The van der Waals surface area contributed by atoms with E-state index in [1.165, 1.54) is 0 Å². The van der Waals surface area contributed by atoms with Gasteiger partial charge in [0.25, 0.3) is 0 Å². The normalized spacial score (nSPS) is 13.5. The first-order chi connectivity index (χ1) is 9.29. The van der Waals surface area contributed by atoms with E-state index in [-0.39, 0.29) is 11.5 Å². The highest BCUT2D eigenvalue weighted by atomic mass is 35.5. The van der Waals surface area contributed by atoms with E-state index >= 15 is 0 Å². The Morgan fingerprint density at radius 2 is 1.85 bits per heavy atom. The highest BCUT2D eigenvalue weighted by molar-refractivity contribution is 6.36. The quantitative estimate of drug-likeness (QED) is 0.929. The molecular formula is C14H17Cl2N3O. The summed E-state index contributed by atoms with van der Waals surface area (Å²) in [5.41, 5.74) is 6.73. The Hall–Kier alpha value is -1.10. The lowest BCUT2D eigenvalue weighted by Crippen LogP contribution is -2.26. The summed E-state index contributed by atoms with van der Waals surface area (Å²) >= 11 is 12.3. The van der Waals surface area contributed by atoms with Crippen LogP contribution in [0.2, 0.25) is 10.0 Å². The van der Waals surface area contributed by atoms with Crippen LogP contribution >= 0.6 is 23.2 Å². The summed E-state index contributed by atoms with van der Waals surface area (Å²) in [6, 6.07) is 5.05. The van der Waals surface area contributed by atoms with Gasteiger partial charge in [-0.3, -0.25) is 0 Å². The summed E-state index contributed by atoms with van der Waals surface area (Å²) in [4.78, 5) is 4.33. The maximum atomic E-state index is 6.13. The Bertz CT molecular complexity index is 584. The molecule has 1 unspecified atom stereocenters. The van der Waals surface area contributed by atoms with Gasteiger partial charge in [0, 0.05) is 16.5 Å². The highest BCUT2D eigenvalue weighted by Crippen LogP contribution is 2.30. The topological polar surface area (TPSA) is 64.9 Å². The van der Waals surface area contributed by atoms with Crippen LogP contribution in [0.4, 0.5) is 0 Å². The van der Waals surface area contributed by atoms with Gasteiger partial charge in [-0.2, -0.15) is 4.98 Å². The number of nitrogens with zero attached hydrogens (tertiary/aromatic N) is 2. The number of aromatic nitrogens is 2. The molecule has 20 heavy (non-hydrogen) atoms. The number of rotatable bonds is 3. The maximum absolute atomic E-state index is 6.13. The fraction of sp³-hybridized carbons (Fsp3) is 0.429. The molecule has 0 spiro atoms. The summed E-state index contributed by atoms with van der Waals surface area (Å²) < 4.78 is 5.23. The molecule has 0 bridgehead atoms. The van der Waals surface area contributed by atoms with E-state index < -0.39 is 0 Å². The first-order valence-corrected chi connectivity index (χ1v) is 7.05. The molecule has 1 atom stereocenters. The molecule has 2 N–H and O–H groups in total. The number of hydrogen-bond donors (Lipinski definition) is 1. The van der Waals surface area contributed by atoms with Crippen molar-refractivity contribution in [2.24, 2.45) is 11.1 Å². The van der Waals surface area contributed by atoms with Crippen molar-refractivity contribution in [1.29, 1.82) is 0 Å². The van der Waals surface area contributed by atoms with Crippen LogP contribution in [-0.2, 0) is 6.42 Å². The van der Waals surface area contributed by atoms with Crippen molar-refractivity contribution in [3.05, 3.63) is 45.5 Å². The molecule has 0 aliphatic rings. The Kier molecular flexibility index (Phi) is 4.37. The first kappa shape index (κ1) is 15.3. The zero-order valence-electron chi connectivity index (χ0n) is 11.7. The van der Waals surface area contributed by atoms with E-state index in [1.54, 1.807) is 18.2 Å². The van der Waals surface area contributed by atoms with Crippen LogP contribution in [0.15, 0.2) is 22.7 Å². The van der Waals surface area contributed by atoms with Gasteiger partial charge in [-0.05, 0) is 23.1 Å². The van der Waals surface area contributed by atoms with E-state index in [9.17, 15) is 0 Å². The van der Waals surface area contributed by atoms with Crippen molar-refractivity contribution < 1.29 is 4.52 Å². The average Bonchev–Trinajstić information content (AvgIpc) is 2.80. The van der Waals surface area contributed by atoms with Crippen molar-refractivity contribution in [3.63, 3.8) is 0 Å². The molecule has 2 rings (SSSR count). The second-order valence-electron chi connectivity index (χ2n) is 5.77. The van der Waals surface area contributed by atoms with Crippen molar-refractivity contribution in [2.75, 3.05) is 0 Å². The number of hydrogen-bond acceptors (Lipinski definition) is 4. The molecule has 0 saturated carbocycles. The number of halogens is 2. The third-order valence-corrected chi connectivity index (χ3v) is 3.79. The molecule has 1 aromatic carbocycles. The monoisotopic (exact) mass is 313 g/mol. The zero-order valence-corrected chi connectivity index (χ0v) is 13.2. The summed E-state index contributed by atoms with van der Waals surface area (Å²) in [6.45, 7) is 6.06. The Balaban J connectivity index is 2.22. The zero-order chi connectivity index (χ0) is 14.9. The summed E-state index contributed by atoms with van der Waals surface area (Å²) in [5.74, 6) is 0.949. The van der Waals surface area contributed by atoms with Crippen LogP contribution in [-0.4, -0.2) is 10.1 Å². The van der Waals surface area contributed by atoms with E-state index in [4.69, 9.17) is 33.5 Å². The Morgan fingerprint density at radius 3 is 2.40 bits per heavy atom. The van der Waals surface area contributed by atoms with Crippen molar-refractivity contribution in [3.8, 4) is 0 Å². The van der Waals surface area contributed by atoms with E-state index in [0.717, 1.165) is 5.56 Å². The van der Waals surface area contributed by atoms with Gasteiger partial charge in [-0.25, -0.2) is 0 Å². The van der Waals surface area contributed by atoms with Crippen LogP contribution in [0.5, 0.6) is 0 Å². The smallest absolute Gasteiger partial charge is 0.244 e. The molecule has 108 valence electrons. The lowest BCUT2D eigenvalue weighted by molar-refractivity contribution is 0.252. The van der Waals surface area contributed by atoms with Crippen LogP contribution in [0.25, 0.3) is 0 Å². The van der Waals surface area contributed by atoms with E-state index in [2.05, 4.69) is 10.1 Å². The van der Waals surface area contributed by atoms with Crippen LogP contribution < -0.4 is 5.73 Å². The summed E-state index contributed by atoms with van der Waals surface area (Å²) in [7, 11) is 0. The molecule has 0 radical (unpaired) electrons. The van der Waals surface area contributed by atoms with Gasteiger partial charge in [-0.15, -0.1) is 0 Å². The minimum atomic E-state index is -0.314. The highest BCUT2D eigenvalue weighted by Gasteiger charge is 2.27. The molecule has 4 nitrogen and oxygen atoms in total. The molecular weight excluding hydrogens is 297 g/mol. The Labute approximate surface area is 128 Å². The second kappa shape index (κ2) is 5.72. The third kappa shape index (κ3) is 3.32. The minimum absolute atomic E-state index is 0.147. The molecule has 0 aliphatic heterocycles. The lowest BCUT2D eigenvalue weighted by atomic mass is 9.87. The molecule has 0 saturated heterocycles. The van der Waals surface area contributed by atoms with Gasteiger partial charge in [-0.1, -0.05) is 55.2 Å². The van der Waals surface area contributed by atoms with Gasteiger partial charge in [0.1, 0.15) is 0 Å². The summed E-state index contributed by atoms with van der Waals surface area (Å²) in [6.07, 6.45) is 0.416. The molecule has 6 heteroatoms. The fourth-order valence-electron chi connectivity index (χ4n) is 1.70. The van der Waals surface area contributed by atoms with Gasteiger partial charge in [0.2, 0.25) is 5.89 Å². The molecule has 0 amide bonds. The number of benzene rings is 1. The largest absolute Gasteiger partial charge is 0.338 e. The average molecular weight is 314 g/mol. The van der Waals surface area contributed by atoms with Gasteiger partial charge >= 0.3 is 0 Å². The minimum Gasteiger partial charge on any atom is -0.338 e. The predicted molar refractivity (Wildman–Crippen MR) is 79.9 cm³/mol. The SMILES string of the molecule is CC(C)(C)C(N)c1nc(Cc2c(Cl)cccc2Cl)no1. The van der Waals surface area contributed by atoms with Gasteiger partial charge in [0.05, 0.1) is 6.04 Å².